The van der Waals surface area contributed by atoms with E-state index in [4.69, 9.17) is 16.7 Å². The van der Waals surface area contributed by atoms with Crippen molar-refractivity contribution in [2.75, 3.05) is 5.32 Å². The van der Waals surface area contributed by atoms with Gasteiger partial charge in [-0.15, -0.1) is 0 Å². The highest BCUT2D eigenvalue weighted by Crippen LogP contribution is 2.62. The topological polar surface area (TPSA) is 122 Å². The minimum Gasteiger partial charge on any atom is -0.504 e. The number of primary sulfonamides is 1. The number of phenolic OH excluding ortho intramolecular Hbond substituents is 1. The standard InChI is InChI=1S/C14H20ClN3O4S/c1-13(2)11(14(13,3)4)18-12(20)17-8-6-5-7(15)10(9(8)19)23(16,21)22/h5-6,11,19H,1-4H3,(H2,16,21,22)(H2,17,18,20). The van der Waals surface area contributed by atoms with E-state index in [1.54, 1.807) is 0 Å². The second-order valence-electron chi connectivity index (χ2n) is 6.79. The van der Waals surface area contributed by atoms with Crippen LogP contribution >= 0.6 is 11.6 Å². The lowest BCUT2D eigenvalue weighted by Gasteiger charge is -2.13. The lowest BCUT2D eigenvalue weighted by molar-refractivity contribution is 0.250. The van der Waals surface area contributed by atoms with Crippen LogP contribution in [0, 0.1) is 10.8 Å². The van der Waals surface area contributed by atoms with Gasteiger partial charge in [0.25, 0.3) is 0 Å². The number of rotatable bonds is 3. The number of nitrogens with two attached hydrogens (primary N) is 1. The van der Waals surface area contributed by atoms with Crippen molar-refractivity contribution in [2.45, 2.75) is 38.6 Å². The number of anilines is 1. The summed E-state index contributed by atoms with van der Waals surface area (Å²) >= 11 is 5.74. The zero-order valence-electron chi connectivity index (χ0n) is 13.3. The van der Waals surface area contributed by atoms with E-state index in [1.165, 1.54) is 12.1 Å². The Morgan fingerprint density at radius 1 is 1.26 bits per heavy atom. The van der Waals surface area contributed by atoms with E-state index < -0.39 is 26.7 Å². The number of carbonyl (C=O) groups excluding carboxylic acids is 1. The Morgan fingerprint density at radius 3 is 2.22 bits per heavy atom. The molecule has 0 aromatic heterocycles. The third-order valence-electron chi connectivity index (χ3n) is 4.91. The molecule has 1 saturated carbocycles. The highest BCUT2D eigenvalue weighted by molar-refractivity contribution is 7.89. The second-order valence-corrected chi connectivity index (χ2v) is 8.70. The number of carbonyl (C=O) groups is 1. The van der Waals surface area contributed by atoms with Crippen molar-refractivity contribution in [1.82, 2.24) is 5.32 Å². The normalized spacial score (nSPS) is 19.2. The summed E-state index contributed by atoms with van der Waals surface area (Å²) < 4.78 is 23.0. The maximum Gasteiger partial charge on any atom is 0.319 e. The van der Waals surface area contributed by atoms with Gasteiger partial charge in [0.05, 0.1) is 10.7 Å². The molecule has 0 saturated heterocycles. The van der Waals surface area contributed by atoms with E-state index in [1.807, 2.05) is 27.7 Å². The molecule has 2 rings (SSSR count). The van der Waals surface area contributed by atoms with Gasteiger partial charge in [0.1, 0.15) is 4.90 Å². The van der Waals surface area contributed by atoms with Crippen LogP contribution in [0.25, 0.3) is 0 Å². The summed E-state index contributed by atoms with van der Waals surface area (Å²) in [5, 5.41) is 20.0. The van der Waals surface area contributed by atoms with E-state index in [9.17, 15) is 18.3 Å². The molecule has 5 N–H and O–H groups in total. The molecule has 9 heteroatoms. The van der Waals surface area contributed by atoms with Gasteiger partial charge in [-0.3, -0.25) is 0 Å². The van der Waals surface area contributed by atoms with Crippen LogP contribution in [0.2, 0.25) is 5.02 Å². The number of sulfonamides is 1. The van der Waals surface area contributed by atoms with E-state index in [2.05, 4.69) is 10.6 Å². The van der Waals surface area contributed by atoms with Gasteiger partial charge in [0, 0.05) is 6.04 Å². The number of aromatic hydroxyl groups is 1. The molecule has 1 aromatic carbocycles. The molecular formula is C14H20ClN3O4S. The highest BCUT2D eigenvalue weighted by Gasteiger charge is 2.65. The van der Waals surface area contributed by atoms with E-state index in [0.29, 0.717) is 0 Å². The van der Waals surface area contributed by atoms with Gasteiger partial charge in [-0.2, -0.15) is 0 Å². The molecule has 1 aliphatic carbocycles. The largest absolute Gasteiger partial charge is 0.504 e. The number of hydrogen-bond acceptors (Lipinski definition) is 4. The molecule has 0 atom stereocenters. The van der Waals surface area contributed by atoms with Crippen LogP contribution < -0.4 is 15.8 Å². The number of benzene rings is 1. The number of hydrogen-bond donors (Lipinski definition) is 4. The first-order valence-electron chi connectivity index (χ1n) is 6.92. The lowest BCUT2D eigenvalue weighted by atomic mass is 10.0. The summed E-state index contributed by atoms with van der Waals surface area (Å²) in [6, 6.07) is 1.95. The summed E-state index contributed by atoms with van der Waals surface area (Å²) in [6.07, 6.45) is 0. The zero-order chi connectivity index (χ0) is 17.8. The molecular weight excluding hydrogens is 342 g/mol. The Labute approximate surface area is 140 Å². The second kappa shape index (κ2) is 5.25. The minimum atomic E-state index is -4.22. The molecule has 0 radical (unpaired) electrons. The smallest absolute Gasteiger partial charge is 0.319 e. The molecule has 0 aliphatic heterocycles. The van der Waals surface area contributed by atoms with Gasteiger partial charge in [-0.1, -0.05) is 39.3 Å². The van der Waals surface area contributed by atoms with Crippen molar-refractivity contribution in [3.05, 3.63) is 17.2 Å². The fourth-order valence-electron chi connectivity index (χ4n) is 2.76. The summed E-state index contributed by atoms with van der Waals surface area (Å²) in [7, 11) is -4.22. The quantitative estimate of drug-likeness (QED) is 0.617. The Kier molecular flexibility index (Phi) is 4.07. The Bertz CT molecular complexity index is 760. The predicted molar refractivity (Wildman–Crippen MR) is 88.0 cm³/mol. The monoisotopic (exact) mass is 361 g/mol. The lowest BCUT2D eigenvalue weighted by Crippen LogP contribution is -2.34. The molecule has 1 aliphatic rings. The Hall–Kier alpha value is -1.51. The molecule has 1 fully saturated rings. The SMILES string of the molecule is CC1(C)C(NC(=O)Nc2ccc(Cl)c(S(N)(=O)=O)c2O)C1(C)C. The van der Waals surface area contributed by atoms with Gasteiger partial charge in [0.2, 0.25) is 10.0 Å². The molecule has 23 heavy (non-hydrogen) atoms. The molecule has 2 amide bonds. The first-order valence-corrected chi connectivity index (χ1v) is 8.84. The van der Waals surface area contributed by atoms with Crippen molar-refractivity contribution in [3.8, 4) is 5.75 Å². The van der Waals surface area contributed by atoms with Gasteiger partial charge in [-0.25, -0.2) is 18.4 Å². The molecule has 0 unspecified atom stereocenters. The fraction of sp³-hybridized carbons (Fsp3) is 0.500. The maximum absolute atomic E-state index is 12.1. The van der Waals surface area contributed by atoms with Crippen molar-refractivity contribution in [2.24, 2.45) is 16.0 Å². The third-order valence-corrected chi connectivity index (χ3v) is 6.32. The predicted octanol–water partition coefficient (Wildman–Crippen LogP) is 2.25. The third kappa shape index (κ3) is 2.98. The van der Waals surface area contributed by atoms with Crippen LogP contribution in [0.5, 0.6) is 5.75 Å². The van der Waals surface area contributed by atoms with E-state index in [-0.39, 0.29) is 27.6 Å². The first-order chi connectivity index (χ1) is 10.3. The molecule has 1 aromatic rings. The zero-order valence-corrected chi connectivity index (χ0v) is 14.8. The van der Waals surface area contributed by atoms with Crippen LogP contribution in [-0.2, 0) is 10.0 Å². The molecule has 0 spiro atoms. The maximum atomic E-state index is 12.1. The first kappa shape index (κ1) is 17.8. The number of urea groups is 1. The average Bonchev–Trinajstić information content (AvgIpc) is 2.74. The Morgan fingerprint density at radius 2 is 1.78 bits per heavy atom. The van der Waals surface area contributed by atoms with Crippen LogP contribution in [0.15, 0.2) is 17.0 Å². The van der Waals surface area contributed by atoms with Crippen molar-refractivity contribution < 1.29 is 18.3 Å². The summed E-state index contributed by atoms with van der Waals surface area (Å²) in [6.45, 7) is 8.15. The number of nitrogens with one attached hydrogen (secondary N) is 2. The highest BCUT2D eigenvalue weighted by atomic mass is 35.5. The van der Waals surface area contributed by atoms with Gasteiger partial charge < -0.3 is 15.7 Å². The van der Waals surface area contributed by atoms with Crippen molar-refractivity contribution in [3.63, 3.8) is 0 Å². The van der Waals surface area contributed by atoms with Crippen molar-refractivity contribution >= 4 is 33.3 Å². The molecule has 128 valence electrons. The van der Waals surface area contributed by atoms with Crippen LogP contribution in [0.4, 0.5) is 10.5 Å². The van der Waals surface area contributed by atoms with E-state index in [0.717, 1.165) is 0 Å². The summed E-state index contributed by atoms with van der Waals surface area (Å²) in [5.41, 5.74) is -0.205. The number of phenols is 1. The molecule has 0 bridgehead atoms. The number of amides is 2. The average molecular weight is 362 g/mol. The fourth-order valence-corrected chi connectivity index (χ4v) is 3.96. The van der Waals surface area contributed by atoms with Crippen LogP contribution in [-0.4, -0.2) is 25.6 Å². The van der Waals surface area contributed by atoms with Gasteiger partial charge in [-0.05, 0) is 23.0 Å². The van der Waals surface area contributed by atoms with Crippen LogP contribution in [0.3, 0.4) is 0 Å². The summed E-state index contributed by atoms with van der Waals surface area (Å²) in [4.78, 5) is 11.5. The Balaban J connectivity index is 2.21. The minimum absolute atomic E-state index is 0.0397. The summed E-state index contributed by atoms with van der Waals surface area (Å²) in [5.74, 6) is -0.690. The number of halogens is 1. The van der Waals surface area contributed by atoms with Crippen molar-refractivity contribution in [1.29, 1.82) is 0 Å². The van der Waals surface area contributed by atoms with Crippen LogP contribution in [0.1, 0.15) is 27.7 Å². The van der Waals surface area contributed by atoms with Gasteiger partial charge in [0.15, 0.2) is 5.75 Å². The molecule has 0 heterocycles. The van der Waals surface area contributed by atoms with Gasteiger partial charge >= 0.3 is 6.03 Å². The van der Waals surface area contributed by atoms with E-state index >= 15 is 0 Å². The molecule has 7 nitrogen and oxygen atoms in total.